The molecule has 3 aromatic carbocycles. The number of aromatic nitrogens is 6. The normalized spacial score (nSPS) is 18.5. The lowest BCUT2D eigenvalue weighted by molar-refractivity contribution is -0.0606. The van der Waals surface area contributed by atoms with Gasteiger partial charge in [-0.15, -0.1) is 0 Å². The summed E-state index contributed by atoms with van der Waals surface area (Å²) in [7, 11) is 0. The monoisotopic (exact) mass is 672 g/mol. The van der Waals surface area contributed by atoms with Crippen LogP contribution < -0.4 is 0 Å². The lowest BCUT2D eigenvalue weighted by atomic mass is 10.1. The van der Waals surface area contributed by atoms with Crippen LogP contribution in [0, 0.1) is 0 Å². The molecule has 252 valence electrons. The number of ether oxygens (including phenoxy) is 4. The summed E-state index contributed by atoms with van der Waals surface area (Å²) in [4.78, 5) is 58.2. The average molecular weight is 673 g/mol. The zero-order chi connectivity index (χ0) is 34.5. The number of aryl methyl sites for hydroxylation is 1. The van der Waals surface area contributed by atoms with E-state index in [1.807, 2.05) is 4.57 Å². The second-order valence-electron chi connectivity index (χ2n) is 11.5. The number of nitrogens with zero attached hydrogens (tertiary/aromatic N) is 6. The number of hydrogen-bond donors (Lipinski definition) is 0. The second kappa shape index (κ2) is 14.5. The number of imidazole rings is 2. The van der Waals surface area contributed by atoms with Crippen molar-refractivity contribution >= 4 is 29.1 Å². The fraction of sp³-hybridized carbons (Fsp3) is 0.216. The fourth-order valence-corrected chi connectivity index (χ4v) is 5.82. The van der Waals surface area contributed by atoms with Crippen LogP contribution in [0.2, 0.25) is 0 Å². The predicted molar refractivity (Wildman–Crippen MR) is 178 cm³/mol. The molecule has 7 rings (SSSR count). The molecule has 1 aliphatic rings. The minimum Gasteiger partial charge on any atom is -0.459 e. The molecule has 6 aromatic rings. The van der Waals surface area contributed by atoms with Crippen LogP contribution in [0.1, 0.15) is 56.5 Å². The Balaban J connectivity index is 1.28. The second-order valence-corrected chi connectivity index (χ2v) is 11.5. The largest absolute Gasteiger partial charge is 0.459 e. The summed E-state index contributed by atoms with van der Waals surface area (Å²) in [6, 6.07) is 25.3. The Morgan fingerprint density at radius 2 is 1.34 bits per heavy atom. The molecule has 50 heavy (non-hydrogen) atoms. The van der Waals surface area contributed by atoms with E-state index in [0.717, 1.165) is 18.7 Å². The molecule has 1 aliphatic heterocycles. The summed E-state index contributed by atoms with van der Waals surface area (Å²) < 4.78 is 27.8. The molecule has 1 fully saturated rings. The number of carbonyl (C=O) groups is 3. The van der Waals surface area contributed by atoms with Crippen LogP contribution in [-0.4, -0.2) is 71.9 Å². The third kappa shape index (κ3) is 6.58. The van der Waals surface area contributed by atoms with Gasteiger partial charge in [0.25, 0.3) is 0 Å². The first-order chi connectivity index (χ1) is 24.5. The molecule has 13 nitrogen and oxygen atoms in total. The van der Waals surface area contributed by atoms with Crippen molar-refractivity contribution in [1.82, 2.24) is 29.1 Å². The van der Waals surface area contributed by atoms with E-state index in [2.05, 4.69) is 26.9 Å². The van der Waals surface area contributed by atoms with E-state index in [1.54, 1.807) is 108 Å². The van der Waals surface area contributed by atoms with Gasteiger partial charge in [-0.2, -0.15) is 0 Å². The lowest BCUT2D eigenvalue weighted by Crippen LogP contribution is -2.41. The third-order valence-corrected chi connectivity index (χ3v) is 8.21. The van der Waals surface area contributed by atoms with Gasteiger partial charge >= 0.3 is 17.9 Å². The summed E-state index contributed by atoms with van der Waals surface area (Å²) >= 11 is 0. The van der Waals surface area contributed by atoms with Gasteiger partial charge in [0.05, 0.1) is 23.0 Å². The van der Waals surface area contributed by atoms with Gasteiger partial charge in [0.2, 0.25) is 0 Å². The van der Waals surface area contributed by atoms with E-state index < -0.39 is 42.4 Å². The number of hydrogen-bond acceptors (Lipinski definition) is 11. The van der Waals surface area contributed by atoms with Crippen LogP contribution in [0.25, 0.3) is 17.0 Å². The maximum atomic E-state index is 13.6. The quantitative estimate of drug-likeness (QED) is 0.133. The van der Waals surface area contributed by atoms with Crippen LogP contribution in [-0.2, 0) is 25.4 Å². The Hall–Kier alpha value is -6.21. The van der Waals surface area contributed by atoms with E-state index >= 15 is 0 Å². The highest BCUT2D eigenvalue weighted by Gasteiger charge is 2.52. The number of benzene rings is 3. The number of esters is 3. The maximum absolute atomic E-state index is 13.6. The van der Waals surface area contributed by atoms with Crippen molar-refractivity contribution < 1.29 is 33.3 Å². The number of rotatable bonds is 11. The zero-order valence-corrected chi connectivity index (χ0v) is 26.9. The van der Waals surface area contributed by atoms with E-state index in [0.29, 0.717) is 22.5 Å². The molecule has 3 aromatic heterocycles. The highest BCUT2D eigenvalue weighted by Crippen LogP contribution is 2.37. The van der Waals surface area contributed by atoms with E-state index in [4.69, 9.17) is 18.9 Å². The molecule has 13 heteroatoms. The maximum Gasteiger partial charge on any atom is 0.338 e. The van der Waals surface area contributed by atoms with Crippen LogP contribution >= 0.6 is 0 Å². The summed E-state index contributed by atoms with van der Waals surface area (Å²) in [6.45, 7) is 1.74. The van der Waals surface area contributed by atoms with E-state index in [1.165, 1.54) is 12.7 Å². The third-order valence-electron chi connectivity index (χ3n) is 8.21. The molecule has 4 heterocycles. The fourth-order valence-electron chi connectivity index (χ4n) is 5.82. The summed E-state index contributed by atoms with van der Waals surface area (Å²) in [5, 5.41) is 0. The lowest BCUT2D eigenvalue weighted by Gasteiger charge is -2.25. The Kier molecular flexibility index (Phi) is 9.38. The highest BCUT2D eigenvalue weighted by molar-refractivity contribution is 5.91. The van der Waals surface area contributed by atoms with Gasteiger partial charge in [-0.1, -0.05) is 61.5 Å². The molecule has 0 aliphatic carbocycles. The Bertz CT molecular complexity index is 2100. The van der Waals surface area contributed by atoms with Crippen LogP contribution in [0.15, 0.2) is 116 Å². The van der Waals surface area contributed by atoms with Crippen molar-refractivity contribution in [1.29, 1.82) is 0 Å². The Labute approximate surface area is 286 Å². The summed E-state index contributed by atoms with van der Waals surface area (Å²) in [5.41, 5.74) is 1.70. The molecular weight excluding hydrogens is 640 g/mol. The first kappa shape index (κ1) is 32.3. The molecule has 4 unspecified atom stereocenters. The van der Waals surface area contributed by atoms with Crippen molar-refractivity contribution in [3.05, 3.63) is 139 Å². The van der Waals surface area contributed by atoms with Crippen molar-refractivity contribution in [2.75, 3.05) is 6.61 Å². The highest BCUT2D eigenvalue weighted by atomic mass is 16.7. The van der Waals surface area contributed by atoms with Gasteiger partial charge in [-0.3, -0.25) is 9.13 Å². The van der Waals surface area contributed by atoms with Gasteiger partial charge in [0.15, 0.2) is 35.4 Å². The molecule has 0 radical (unpaired) electrons. The topological polar surface area (TPSA) is 150 Å². The molecule has 0 saturated carbocycles. The molecule has 0 N–H and O–H groups in total. The van der Waals surface area contributed by atoms with Crippen LogP contribution in [0.4, 0.5) is 0 Å². The van der Waals surface area contributed by atoms with Gasteiger partial charge in [-0.05, 0) is 42.8 Å². The minimum absolute atomic E-state index is 0.276. The van der Waals surface area contributed by atoms with Crippen molar-refractivity contribution in [3.63, 3.8) is 0 Å². The average Bonchev–Trinajstić information content (AvgIpc) is 3.89. The molecule has 0 amide bonds. The number of fused-ring (bicyclic) bond motifs is 1. The zero-order valence-electron chi connectivity index (χ0n) is 26.9. The minimum atomic E-state index is -1.23. The smallest absolute Gasteiger partial charge is 0.338 e. The predicted octanol–water partition coefficient (Wildman–Crippen LogP) is 5.17. The van der Waals surface area contributed by atoms with E-state index in [9.17, 15) is 14.4 Å². The van der Waals surface area contributed by atoms with Gasteiger partial charge in [0, 0.05) is 18.8 Å². The van der Waals surface area contributed by atoms with Gasteiger partial charge in [-0.25, -0.2) is 34.3 Å². The van der Waals surface area contributed by atoms with Crippen molar-refractivity contribution in [2.45, 2.75) is 44.3 Å². The van der Waals surface area contributed by atoms with E-state index in [-0.39, 0.29) is 17.7 Å². The first-order valence-electron chi connectivity index (χ1n) is 16.1. The van der Waals surface area contributed by atoms with Crippen LogP contribution in [0.5, 0.6) is 0 Å². The molecule has 0 bridgehead atoms. The molecule has 0 spiro atoms. The molecule has 4 atom stereocenters. The summed E-state index contributed by atoms with van der Waals surface area (Å²) in [6.07, 6.45) is 3.39. The SMILES string of the molecule is CCCc1nccn1-c1ncnc2c1ncn2C1OC(COC(=O)c2ccccc2)C(OC(=O)c2ccccc2)C1OC(=O)c1ccccc1. The van der Waals surface area contributed by atoms with Crippen molar-refractivity contribution in [2.24, 2.45) is 0 Å². The van der Waals surface area contributed by atoms with Crippen LogP contribution in [0.3, 0.4) is 0 Å². The summed E-state index contributed by atoms with van der Waals surface area (Å²) in [5.74, 6) is -0.636. The standard InChI is InChI=1S/C37H32N6O7/c1-2-12-28-38-19-20-42(28)32-29-33(40-22-39-32)43(23-41-29)34-31(50-37(46)26-17-10-5-11-18-26)30(49-36(45)25-15-8-4-9-16-25)27(48-34)21-47-35(44)24-13-6-3-7-14-24/h3-11,13-20,22-23,27,30-31,34H,2,12,21H2,1H3. The van der Waals surface area contributed by atoms with Gasteiger partial charge < -0.3 is 18.9 Å². The Morgan fingerprint density at radius 1 is 0.740 bits per heavy atom. The first-order valence-corrected chi connectivity index (χ1v) is 16.1. The Morgan fingerprint density at radius 3 is 1.96 bits per heavy atom. The molecular formula is C37H32N6O7. The van der Waals surface area contributed by atoms with Gasteiger partial charge in [0.1, 0.15) is 24.9 Å². The van der Waals surface area contributed by atoms with Crippen molar-refractivity contribution in [3.8, 4) is 5.82 Å². The molecule has 1 saturated heterocycles. The number of carbonyl (C=O) groups excluding carboxylic acids is 3.